The Morgan fingerprint density at radius 1 is 1.26 bits per heavy atom. The van der Waals surface area contributed by atoms with Crippen molar-refractivity contribution in [1.82, 2.24) is 4.98 Å². The van der Waals surface area contributed by atoms with Crippen LogP contribution in [-0.4, -0.2) is 16.0 Å². The molecular weight excluding hydrogens is 309 g/mol. The number of carbonyl (C=O) groups is 1. The van der Waals surface area contributed by atoms with Crippen LogP contribution in [0.5, 0.6) is 0 Å². The van der Waals surface area contributed by atoms with Crippen molar-refractivity contribution in [3.8, 4) is 0 Å². The van der Waals surface area contributed by atoms with E-state index in [-0.39, 0.29) is 23.5 Å². The molecule has 0 radical (unpaired) electrons. The zero-order chi connectivity index (χ0) is 16.8. The normalized spacial score (nSPS) is 15.7. The molecule has 0 bridgehead atoms. The molecule has 2 aromatic rings. The first kappa shape index (κ1) is 15.5. The van der Waals surface area contributed by atoms with E-state index < -0.39 is 23.8 Å². The van der Waals surface area contributed by atoms with E-state index in [4.69, 9.17) is 0 Å². The number of benzene rings is 1. The molecule has 1 N–H and O–H groups in total. The van der Waals surface area contributed by atoms with Crippen molar-refractivity contribution in [1.29, 1.82) is 0 Å². The SMILES string of the molecule is C[C@@H](O)c1cccnc1N1Cc2c(cccc2C(F)(F)F)C1=O. The Balaban J connectivity index is 2.09. The summed E-state index contributed by atoms with van der Waals surface area (Å²) >= 11 is 0. The maximum atomic E-state index is 13.1. The Morgan fingerprint density at radius 3 is 2.65 bits per heavy atom. The minimum absolute atomic E-state index is 0.0158. The van der Waals surface area contributed by atoms with Gasteiger partial charge < -0.3 is 5.11 Å². The van der Waals surface area contributed by atoms with E-state index in [9.17, 15) is 23.1 Å². The number of nitrogens with zero attached hydrogens (tertiary/aromatic N) is 2. The van der Waals surface area contributed by atoms with Gasteiger partial charge in [0.25, 0.3) is 5.91 Å². The highest BCUT2D eigenvalue weighted by atomic mass is 19.4. The predicted octanol–water partition coefficient (Wildman–Crippen LogP) is 3.31. The molecule has 7 heteroatoms. The Labute approximate surface area is 130 Å². The van der Waals surface area contributed by atoms with Gasteiger partial charge in [-0.05, 0) is 30.7 Å². The van der Waals surface area contributed by atoms with E-state index >= 15 is 0 Å². The van der Waals surface area contributed by atoms with Crippen LogP contribution in [0.4, 0.5) is 19.0 Å². The van der Waals surface area contributed by atoms with Gasteiger partial charge in [0.15, 0.2) is 0 Å². The van der Waals surface area contributed by atoms with Gasteiger partial charge in [0.2, 0.25) is 0 Å². The highest BCUT2D eigenvalue weighted by Gasteiger charge is 2.40. The predicted molar refractivity (Wildman–Crippen MR) is 76.8 cm³/mol. The molecule has 0 saturated carbocycles. The van der Waals surface area contributed by atoms with Crippen LogP contribution in [0.1, 0.15) is 40.1 Å². The summed E-state index contributed by atoms with van der Waals surface area (Å²) in [5, 5.41) is 9.79. The van der Waals surface area contributed by atoms with Crippen LogP contribution >= 0.6 is 0 Å². The van der Waals surface area contributed by atoms with Gasteiger partial charge in [-0.15, -0.1) is 0 Å². The second kappa shape index (κ2) is 5.34. The van der Waals surface area contributed by atoms with Gasteiger partial charge in [0.05, 0.1) is 18.2 Å². The van der Waals surface area contributed by atoms with E-state index in [0.717, 1.165) is 6.07 Å². The number of rotatable bonds is 2. The molecule has 0 spiro atoms. The zero-order valence-electron chi connectivity index (χ0n) is 12.1. The summed E-state index contributed by atoms with van der Waals surface area (Å²) < 4.78 is 39.4. The minimum atomic E-state index is -4.53. The molecule has 4 nitrogen and oxygen atoms in total. The van der Waals surface area contributed by atoms with Crippen LogP contribution in [0.2, 0.25) is 0 Å². The topological polar surface area (TPSA) is 53.4 Å². The number of aromatic nitrogens is 1. The molecule has 23 heavy (non-hydrogen) atoms. The van der Waals surface area contributed by atoms with Gasteiger partial charge >= 0.3 is 6.18 Å². The lowest BCUT2D eigenvalue weighted by molar-refractivity contribution is -0.138. The maximum absolute atomic E-state index is 13.1. The number of alkyl halides is 3. The van der Waals surface area contributed by atoms with Gasteiger partial charge in [-0.2, -0.15) is 13.2 Å². The van der Waals surface area contributed by atoms with Crippen molar-refractivity contribution < 1.29 is 23.1 Å². The summed E-state index contributed by atoms with van der Waals surface area (Å²) in [4.78, 5) is 17.7. The molecule has 1 aliphatic heterocycles. The fourth-order valence-electron chi connectivity index (χ4n) is 2.73. The van der Waals surface area contributed by atoms with Gasteiger partial charge in [-0.25, -0.2) is 4.98 Å². The van der Waals surface area contributed by atoms with Crippen molar-refractivity contribution >= 4 is 11.7 Å². The monoisotopic (exact) mass is 322 g/mol. The van der Waals surface area contributed by atoms with Crippen molar-refractivity contribution in [2.24, 2.45) is 0 Å². The summed E-state index contributed by atoms with van der Waals surface area (Å²) in [6.07, 6.45) is -3.99. The quantitative estimate of drug-likeness (QED) is 0.923. The lowest BCUT2D eigenvalue weighted by Gasteiger charge is -2.19. The first-order valence-corrected chi connectivity index (χ1v) is 6.94. The molecule has 1 aromatic carbocycles. The van der Waals surface area contributed by atoms with Gasteiger partial charge in [0, 0.05) is 17.3 Å². The number of fused-ring (bicyclic) bond motifs is 1. The first-order valence-electron chi connectivity index (χ1n) is 6.94. The second-order valence-electron chi connectivity index (χ2n) is 5.31. The fourth-order valence-corrected chi connectivity index (χ4v) is 2.73. The number of amides is 1. The van der Waals surface area contributed by atoms with Crippen LogP contribution < -0.4 is 4.90 Å². The van der Waals surface area contributed by atoms with Gasteiger partial charge in [-0.3, -0.25) is 9.69 Å². The summed E-state index contributed by atoms with van der Waals surface area (Å²) in [5.74, 6) is -0.372. The van der Waals surface area contributed by atoms with Gasteiger partial charge in [-0.1, -0.05) is 12.1 Å². The van der Waals surface area contributed by atoms with Crippen LogP contribution in [0.3, 0.4) is 0 Å². The largest absolute Gasteiger partial charge is 0.416 e. The van der Waals surface area contributed by atoms with E-state index in [2.05, 4.69) is 4.98 Å². The average Bonchev–Trinajstić information content (AvgIpc) is 2.83. The Kier molecular flexibility index (Phi) is 3.60. The number of aliphatic hydroxyl groups is 1. The standard InChI is InChI=1S/C16H13F3N2O2/c1-9(22)10-5-3-7-20-14(10)21-8-12-11(15(21)23)4-2-6-13(12)16(17,18)19/h2-7,9,22H,8H2,1H3/t9-/m1/s1. The molecule has 120 valence electrons. The number of halogens is 3. The molecule has 1 aliphatic rings. The molecule has 2 heterocycles. The van der Waals surface area contributed by atoms with E-state index in [1.165, 1.54) is 30.2 Å². The number of pyridine rings is 1. The van der Waals surface area contributed by atoms with Crippen LogP contribution in [-0.2, 0) is 12.7 Å². The number of carbonyl (C=O) groups excluding carboxylic acids is 1. The molecule has 1 atom stereocenters. The van der Waals surface area contributed by atoms with Crippen molar-refractivity contribution in [2.45, 2.75) is 25.7 Å². The summed E-state index contributed by atoms with van der Waals surface area (Å²) in [7, 11) is 0. The third kappa shape index (κ3) is 2.57. The lowest BCUT2D eigenvalue weighted by atomic mass is 10.0. The number of hydrogen-bond acceptors (Lipinski definition) is 3. The maximum Gasteiger partial charge on any atom is 0.416 e. The second-order valence-corrected chi connectivity index (χ2v) is 5.31. The summed E-state index contributed by atoms with van der Waals surface area (Å²) in [6, 6.07) is 6.74. The third-order valence-corrected chi connectivity index (χ3v) is 3.80. The number of hydrogen-bond donors (Lipinski definition) is 1. The molecule has 0 saturated heterocycles. The highest BCUT2D eigenvalue weighted by molar-refractivity contribution is 6.10. The Bertz CT molecular complexity index is 772. The minimum Gasteiger partial charge on any atom is -0.389 e. The van der Waals surface area contributed by atoms with Crippen molar-refractivity contribution in [3.63, 3.8) is 0 Å². The van der Waals surface area contributed by atoms with E-state index in [1.54, 1.807) is 12.1 Å². The summed E-state index contributed by atoms with van der Waals surface area (Å²) in [5.41, 5.74) is -0.475. The highest BCUT2D eigenvalue weighted by Crippen LogP contribution is 2.39. The van der Waals surface area contributed by atoms with E-state index in [1.807, 2.05) is 0 Å². The van der Waals surface area contributed by atoms with Crippen LogP contribution in [0.15, 0.2) is 36.5 Å². The Morgan fingerprint density at radius 2 is 2.00 bits per heavy atom. The molecule has 0 fully saturated rings. The van der Waals surface area contributed by atoms with Crippen LogP contribution in [0.25, 0.3) is 0 Å². The number of anilines is 1. The zero-order valence-corrected chi connectivity index (χ0v) is 12.1. The lowest BCUT2D eigenvalue weighted by Crippen LogP contribution is -2.25. The molecule has 1 amide bonds. The number of aliphatic hydroxyl groups excluding tert-OH is 1. The molecule has 0 unspecified atom stereocenters. The third-order valence-electron chi connectivity index (χ3n) is 3.80. The average molecular weight is 322 g/mol. The smallest absolute Gasteiger partial charge is 0.389 e. The fraction of sp³-hybridized carbons (Fsp3) is 0.250. The van der Waals surface area contributed by atoms with Crippen LogP contribution in [0, 0.1) is 0 Å². The van der Waals surface area contributed by atoms with Gasteiger partial charge in [0.1, 0.15) is 5.82 Å². The molecular formula is C16H13F3N2O2. The molecule has 1 aromatic heterocycles. The van der Waals surface area contributed by atoms with Crippen molar-refractivity contribution in [3.05, 3.63) is 58.8 Å². The summed E-state index contributed by atoms with van der Waals surface area (Å²) in [6.45, 7) is 1.29. The Hall–Kier alpha value is -2.41. The molecule has 0 aliphatic carbocycles. The molecule has 3 rings (SSSR count). The first-order chi connectivity index (χ1) is 10.8. The van der Waals surface area contributed by atoms with E-state index in [0.29, 0.717) is 5.56 Å². The van der Waals surface area contributed by atoms with Crippen molar-refractivity contribution in [2.75, 3.05) is 4.90 Å².